The van der Waals surface area contributed by atoms with E-state index in [0.29, 0.717) is 6.04 Å². The fraction of sp³-hybridized carbons (Fsp3) is 0.667. The highest BCUT2D eigenvalue weighted by Crippen LogP contribution is 2.15. The minimum absolute atomic E-state index is 0.677. The van der Waals surface area contributed by atoms with Gasteiger partial charge in [-0.2, -0.15) is 0 Å². The molecule has 1 aliphatic rings. The summed E-state index contributed by atoms with van der Waals surface area (Å²) < 4.78 is 0. The number of piperidine rings is 1. The summed E-state index contributed by atoms with van der Waals surface area (Å²) in [5.74, 6) is 0.879. The van der Waals surface area contributed by atoms with Crippen LogP contribution in [-0.2, 0) is 6.42 Å². The van der Waals surface area contributed by atoms with Crippen molar-refractivity contribution in [2.24, 2.45) is 5.92 Å². The Morgan fingerprint density at radius 2 is 2.17 bits per heavy atom. The Morgan fingerprint density at radius 1 is 1.39 bits per heavy atom. The summed E-state index contributed by atoms with van der Waals surface area (Å²) in [4.78, 5) is 6.49. The van der Waals surface area contributed by atoms with E-state index >= 15 is 0 Å². The molecule has 0 amide bonds. The van der Waals surface area contributed by atoms with Crippen LogP contribution < -0.4 is 5.32 Å². The Balaban J connectivity index is 1.70. The van der Waals surface area contributed by atoms with Crippen molar-refractivity contribution in [2.75, 3.05) is 26.7 Å². The molecule has 3 nitrogen and oxygen atoms in total. The van der Waals surface area contributed by atoms with E-state index in [1.165, 1.54) is 24.9 Å². The number of hydrogen-bond acceptors (Lipinski definition) is 3. The lowest BCUT2D eigenvalue weighted by Gasteiger charge is -2.31. The van der Waals surface area contributed by atoms with Gasteiger partial charge in [0.25, 0.3) is 0 Å². The molecule has 1 aliphatic heterocycles. The monoisotopic (exact) mass is 247 g/mol. The second kappa shape index (κ2) is 6.86. The quantitative estimate of drug-likeness (QED) is 0.862. The zero-order valence-electron chi connectivity index (χ0n) is 11.6. The minimum Gasteiger partial charge on any atom is -0.313 e. The lowest BCUT2D eigenvalue weighted by molar-refractivity contribution is 0.236. The van der Waals surface area contributed by atoms with Crippen molar-refractivity contribution in [1.29, 1.82) is 0 Å². The SMILES string of the molecule is CC1CCNC(CN(C)CCc2ccncc2)C1. The smallest absolute Gasteiger partial charge is 0.0270 e. The number of nitrogens with one attached hydrogen (secondary N) is 1. The molecular formula is C15H25N3. The van der Waals surface area contributed by atoms with Crippen LogP contribution in [0.2, 0.25) is 0 Å². The van der Waals surface area contributed by atoms with Gasteiger partial charge in [0.1, 0.15) is 0 Å². The summed E-state index contributed by atoms with van der Waals surface area (Å²) in [5.41, 5.74) is 1.38. The number of pyridine rings is 1. The van der Waals surface area contributed by atoms with Gasteiger partial charge >= 0.3 is 0 Å². The van der Waals surface area contributed by atoms with Crippen LogP contribution in [0.5, 0.6) is 0 Å². The molecular weight excluding hydrogens is 222 g/mol. The van der Waals surface area contributed by atoms with Gasteiger partial charge in [-0.1, -0.05) is 6.92 Å². The Morgan fingerprint density at radius 3 is 2.89 bits per heavy atom. The largest absolute Gasteiger partial charge is 0.313 e. The van der Waals surface area contributed by atoms with Crippen molar-refractivity contribution in [3.63, 3.8) is 0 Å². The van der Waals surface area contributed by atoms with Crippen molar-refractivity contribution in [3.05, 3.63) is 30.1 Å². The van der Waals surface area contributed by atoms with E-state index in [9.17, 15) is 0 Å². The number of hydrogen-bond donors (Lipinski definition) is 1. The molecule has 0 spiro atoms. The van der Waals surface area contributed by atoms with Gasteiger partial charge in [-0.05, 0) is 56.5 Å². The first-order valence-electron chi connectivity index (χ1n) is 7.05. The molecule has 0 saturated carbocycles. The van der Waals surface area contributed by atoms with E-state index < -0.39 is 0 Å². The number of nitrogens with zero attached hydrogens (tertiary/aromatic N) is 2. The Kier molecular flexibility index (Phi) is 5.14. The molecule has 0 radical (unpaired) electrons. The van der Waals surface area contributed by atoms with E-state index in [-0.39, 0.29) is 0 Å². The van der Waals surface area contributed by atoms with E-state index in [2.05, 4.69) is 41.3 Å². The zero-order chi connectivity index (χ0) is 12.8. The van der Waals surface area contributed by atoms with E-state index in [1.54, 1.807) is 0 Å². The summed E-state index contributed by atoms with van der Waals surface area (Å²) in [6.45, 7) is 5.83. The lowest BCUT2D eigenvalue weighted by Crippen LogP contribution is -2.44. The summed E-state index contributed by atoms with van der Waals surface area (Å²) in [7, 11) is 2.22. The first-order valence-corrected chi connectivity index (χ1v) is 7.05. The fourth-order valence-electron chi connectivity index (χ4n) is 2.70. The van der Waals surface area contributed by atoms with Gasteiger partial charge in [0.15, 0.2) is 0 Å². The van der Waals surface area contributed by atoms with Gasteiger partial charge in [-0.3, -0.25) is 4.98 Å². The molecule has 0 aliphatic carbocycles. The molecule has 18 heavy (non-hydrogen) atoms. The summed E-state index contributed by atoms with van der Waals surface area (Å²) in [5, 5.41) is 3.63. The maximum atomic E-state index is 4.05. The van der Waals surface area contributed by atoms with Gasteiger partial charge < -0.3 is 10.2 Å². The maximum absolute atomic E-state index is 4.05. The number of rotatable bonds is 5. The van der Waals surface area contributed by atoms with Crippen molar-refractivity contribution >= 4 is 0 Å². The maximum Gasteiger partial charge on any atom is 0.0270 e. The topological polar surface area (TPSA) is 28.2 Å². The summed E-state index contributed by atoms with van der Waals surface area (Å²) in [6, 6.07) is 4.89. The predicted octanol–water partition coefficient (Wildman–Crippen LogP) is 1.94. The average Bonchev–Trinajstić information content (AvgIpc) is 2.38. The molecule has 3 heteroatoms. The van der Waals surface area contributed by atoms with Crippen LogP contribution >= 0.6 is 0 Å². The summed E-state index contributed by atoms with van der Waals surface area (Å²) >= 11 is 0. The molecule has 2 atom stereocenters. The van der Waals surface area contributed by atoms with E-state index in [0.717, 1.165) is 25.4 Å². The summed E-state index contributed by atoms with van der Waals surface area (Å²) in [6.07, 6.45) is 7.51. The fourth-order valence-corrected chi connectivity index (χ4v) is 2.70. The van der Waals surface area contributed by atoms with Crippen LogP contribution in [-0.4, -0.2) is 42.6 Å². The van der Waals surface area contributed by atoms with Crippen molar-refractivity contribution in [2.45, 2.75) is 32.2 Å². The molecule has 1 aromatic rings. The van der Waals surface area contributed by atoms with Crippen LogP contribution in [0.25, 0.3) is 0 Å². The van der Waals surface area contributed by atoms with Crippen molar-refractivity contribution in [1.82, 2.24) is 15.2 Å². The molecule has 1 N–H and O–H groups in total. The van der Waals surface area contributed by atoms with Gasteiger partial charge in [-0.15, -0.1) is 0 Å². The second-order valence-electron chi connectivity index (χ2n) is 5.65. The highest BCUT2D eigenvalue weighted by atomic mass is 15.1. The van der Waals surface area contributed by atoms with Gasteiger partial charge in [0.05, 0.1) is 0 Å². The molecule has 0 aromatic carbocycles. The normalized spacial score (nSPS) is 24.4. The van der Waals surface area contributed by atoms with Crippen LogP contribution in [0, 0.1) is 5.92 Å². The first kappa shape index (κ1) is 13.5. The Hall–Kier alpha value is -0.930. The molecule has 100 valence electrons. The zero-order valence-corrected chi connectivity index (χ0v) is 11.6. The standard InChI is InChI=1S/C15H25N3/c1-13-3-9-17-15(11-13)12-18(2)10-6-14-4-7-16-8-5-14/h4-5,7-8,13,15,17H,3,6,9-12H2,1-2H3. The molecule has 2 heterocycles. The first-order chi connectivity index (χ1) is 8.74. The van der Waals surface area contributed by atoms with Crippen LogP contribution in [0.4, 0.5) is 0 Å². The minimum atomic E-state index is 0.677. The molecule has 1 saturated heterocycles. The van der Waals surface area contributed by atoms with Crippen LogP contribution in [0.1, 0.15) is 25.3 Å². The van der Waals surface area contributed by atoms with Crippen molar-refractivity contribution < 1.29 is 0 Å². The van der Waals surface area contributed by atoms with E-state index in [4.69, 9.17) is 0 Å². The average molecular weight is 247 g/mol. The highest BCUT2D eigenvalue weighted by molar-refractivity contribution is 5.09. The second-order valence-corrected chi connectivity index (χ2v) is 5.65. The van der Waals surface area contributed by atoms with E-state index in [1.807, 2.05) is 12.4 Å². The Labute approximate surface area is 111 Å². The van der Waals surface area contributed by atoms with Crippen molar-refractivity contribution in [3.8, 4) is 0 Å². The van der Waals surface area contributed by atoms with Crippen LogP contribution in [0.3, 0.4) is 0 Å². The van der Waals surface area contributed by atoms with Gasteiger partial charge in [0, 0.05) is 31.5 Å². The predicted molar refractivity (Wildman–Crippen MR) is 75.6 cm³/mol. The molecule has 0 bridgehead atoms. The lowest BCUT2D eigenvalue weighted by atomic mass is 9.94. The molecule has 2 rings (SSSR count). The van der Waals surface area contributed by atoms with Gasteiger partial charge in [-0.25, -0.2) is 0 Å². The third-order valence-corrected chi connectivity index (χ3v) is 3.82. The third kappa shape index (κ3) is 4.39. The third-order valence-electron chi connectivity index (χ3n) is 3.82. The Bertz CT molecular complexity index is 339. The van der Waals surface area contributed by atoms with Gasteiger partial charge in [0.2, 0.25) is 0 Å². The van der Waals surface area contributed by atoms with Crippen LogP contribution in [0.15, 0.2) is 24.5 Å². The number of aromatic nitrogens is 1. The number of likely N-dealkylation sites (N-methyl/N-ethyl adjacent to an activating group) is 1. The molecule has 2 unspecified atom stereocenters. The molecule has 1 fully saturated rings. The molecule has 1 aromatic heterocycles. The highest BCUT2D eigenvalue weighted by Gasteiger charge is 2.19.